The number of aliphatic hydroxyl groups is 1. The van der Waals surface area contributed by atoms with Crippen LogP contribution in [-0.2, 0) is 22.7 Å². The van der Waals surface area contributed by atoms with E-state index in [1.807, 2.05) is 15.6 Å². The third kappa shape index (κ3) is 4.16. The van der Waals surface area contributed by atoms with Gasteiger partial charge in [0.15, 0.2) is 0 Å². The molecule has 1 aromatic heterocycles. The van der Waals surface area contributed by atoms with Gasteiger partial charge in [-0.1, -0.05) is 6.92 Å². The number of piperidine rings is 1. The van der Waals surface area contributed by atoms with Crippen molar-refractivity contribution in [3.63, 3.8) is 0 Å². The molecule has 2 amide bonds. The lowest BCUT2D eigenvalue weighted by molar-refractivity contribution is -0.145. The second-order valence-corrected chi connectivity index (χ2v) is 8.38. The Hall–Kier alpha value is -1.93. The van der Waals surface area contributed by atoms with Crippen molar-refractivity contribution in [3.05, 3.63) is 17.5 Å². The first-order chi connectivity index (χ1) is 12.7. The first kappa shape index (κ1) is 19.8. The number of hydrogen-bond acceptors (Lipinski definition) is 5. The number of carbonyl (C=O) groups is 2. The summed E-state index contributed by atoms with van der Waals surface area (Å²) in [5, 5.41) is 14.8. The number of hydrogen-bond donors (Lipinski definition) is 1. The minimum absolute atomic E-state index is 0.0116. The lowest BCUT2D eigenvalue weighted by Gasteiger charge is -2.41. The van der Waals surface area contributed by atoms with E-state index < -0.39 is 6.10 Å². The lowest BCUT2D eigenvalue weighted by atomic mass is 9.79. The van der Waals surface area contributed by atoms with Crippen LogP contribution in [0.4, 0.5) is 0 Å². The summed E-state index contributed by atoms with van der Waals surface area (Å²) in [7, 11) is 5.43. The number of nitrogens with zero attached hydrogens (tertiary/aromatic N) is 5. The van der Waals surface area contributed by atoms with Crippen molar-refractivity contribution in [2.24, 2.45) is 5.41 Å². The van der Waals surface area contributed by atoms with E-state index in [0.717, 1.165) is 31.6 Å². The zero-order valence-corrected chi connectivity index (χ0v) is 16.8. The first-order valence-corrected chi connectivity index (χ1v) is 9.62. The highest BCUT2D eigenvalue weighted by Gasteiger charge is 2.40. The second kappa shape index (κ2) is 7.59. The fourth-order valence-corrected chi connectivity index (χ4v) is 3.78. The van der Waals surface area contributed by atoms with Gasteiger partial charge >= 0.3 is 0 Å². The quantitative estimate of drug-likeness (QED) is 0.825. The number of aliphatic hydroxyl groups excluding tert-OH is 1. The Morgan fingerprint density at radius 1 is 1.26 bits per heavy atom. The largest absolute Gasteiger partial charge is 0.386 e. The van der Waals surface area contributed by atoms with E-state index in [1.165, 1.54) is 4.90 Å². The highest BCUT2D eigenvalue weighted by atomic mass is 16.3. The van der Waals surface area contributed by atoms with Gasteiger partial charge in [0.1, 0.15) is 6.10 Å². The predicted octanol–water partition coefficient (Wildman–Crippen LogP) is 0.469. The third-order valence-electron chi connectivity index (χ3n) is 5.92. The van der Waals surface area contributed by atoms with E-state index in [0.29, 0.717) is 25.3 Å². The van der Waals surface area contributed by atoms with Gasteiger partial charge in [0.2, 0.25) is 11.8 Å². The Kier molecular flexibility index (Phi) is 5.58. The Morgan fingerprint density at radius 2 is 1.93 bits per heavy atom. The number of aromatic nitrogens is 2. The summed E-state index contributed by atoms with van der Waals surface area (Å²) in [5.41, 5.74) is 1.12. The monoisotopic (exact) mass is 377 g/mol. The molecular formula is C19H31N5O3. The fraction of sp³-hybridized carbons (Fsp3) is 0.737. The van der Waals surface area contributed by atoms with Crippen LogP contribution >= 0.6 is 0 Å². The van der Waals surface area contributed by atoms with Gasteiger partial charge in [0.25, 0.3) is 0 Å². The maximum atomic E-state index is 13.1. The van der Waals surface area contributed by atoms with E-state index in [1.54, 1.807) is 14.1 Å². The molecule has 0 unspecified atom stereocenters. The summed E-state index contributed by atoms with van der Waals surface area (Å²) in [4.78, 5) is 30.6. The average Bonchev–Trinajstić information content (AvgIpc) is 3.07. The van der Waals surface area contributed by atoms with Gasteiger partial charge < -0.3 is 19.8 Å². The van der Waals surface area contributed by atoms with Crippen molar-refractivity contribution in [1.82, 2.24) is 24.5 Å². The summed E-state index contributed by atoms with van der Waals surface area (Å²) in [6.45, 7) is 5.73. The van der Waals surface area contributed by atoms with Crippen molar-refractivity contribution in [3.8, 4) is 0 Å². The molecule has 3 rings (SSSR count). The van der Waals surface area contributed by atoms with E-state index >= 15 is 0 Å². The molecule has 8 nitrogen and oxygen atoms in total. The van der Waals surface area contributed by atoms with Crippen molar-refractivity contribution in [2.45, 2.75) is 45.4 Å². The normalized spacial score (nSPS) is 20.9. The molecule has 27 heavy (non-hydrogen) atoms. The van der Waals surface area contributed by atoms with Crippen LogP contribution in [0.2, 0.25) is 0 Å². The lowest BCUT2D eigenvalue weighted by Crippen LogP contribution is -2.50. The Morgan fingerprint density at radius 3 is 2.56 bits per heavy atom. The molecule has 0 aromatic carbocycles. The second-order valence-electron chi connectivity index (χ2n) is 8.38. The minimum atomic E-state index is -0.923. The molecule has 3 heterocycles. The molecule has 0 aliphatic carbocycles. The molecule has 0 saturated carbocycles. The van der Waals surface area contributed by atoms with Gasteiger partial charge in [-0.2, -0.15) is 5.10 Å². The zero-order valence-electron chi connectivity index (χ0n) is 16.8. The van der Waals surface area contributed by atoms with Crippen molar-refractivity contribution < 1.29 is 14.7 Å². The van der Waals surface area contributed by atoms with Crippen LogP contribution < -0.4 is 0 Å². The summed E-state index contributed by atoms with van der Waals surface area (Å²) in [5.74, 6) is 0.0772. The van der Waals surface area contributed by atoms with Gasteiger partial charge in [0, 0.05) is 26.1 Å². The van der Waals surface area contributed by atoms with Gasteiger partial charge in [-0.25, -0.2) is 0 Å². The van der Waals surface area contributed by atoms with Gasteiger partial charge in [0.05, 0.1) is 30.9 Å². The standard InChI is InChI=1S/C19H31N5O3/c1-19(5-7-22(4)8-6-19)18(27)23-9-10-24-14(13-23)11-15(20-24)16(25)12-17(26)21(2)3/h11,16,25H,5-10,12-13H2,1-4H3/t16-/m0/s1. The maximum absolute atomic E-state index is 13.1. The van der Waals surface area contributed by atoms with E-state index in [9.17, 15) is 14.7 Å². The minimum Gasteiger partial charge on any atom is -0.386 e. The Bertz CT molecular complexity index is 706. The molecule has 1 saturated heterocycles. The zero-order chi connectivity index (χ0) is 19.8. The fourth-order valence-electron chi connectivity index (χ4n) is 3.78. The van der Waals surface area contributed by atoms with Crippen LogP contribution in [0.5, 0.6) is 0 Å². The van der Waals surface area contributed by atoms with Crippen molar-refractivity contribution >= 4 is 11.8 Å². The number of carbonyl (C=O) groups excluding carboxylic acids is 2. The molecule has 0 spiro atoms. The molecule has 1 atom stereocenters. The van der Waals surface area contributed by atoms with Crippen LogP contribution in [0.15, 0.2) is 6.07 Å². The third-order valence-corrected chi connectivity index (χ3v) is 5.92. The molecule has 1 aromatic rings. The first-order valence-electron chi connectivity index (χ1n) is 9.62. The average molecular weight is 377 g/mol. The summed E-state index contributed by atoms with van der Waals surface area (Å²) >= 11 is 0. The van der Waals surface area contributed by atoms with Gasteiger partial charge in [-0.15, -0.1) is 0 Å². The van der Waals surface area contributed by atoms with Crippen molar-refractivity contribution in [2.75, 3.05) is 40.8 Å². The van der Waals surface area contributed by atoms with E-state index in [-0.39, 0.29) is 23.7 Å². The smallest absolute Gasteiger partial charge is 0.229 e. The van der Waals surface area contributed by atoms with E-state index in [2.05, 4.69) is 24.0 Å². The van der Waals surface area contributed by atoms with Crippen LogP contribution in [0.3, 0.4) is 0 Å². The van der Waals surface area contributed by atoms with Crippen LogP contribution in [-0.4, -0.2) is 82.2 Å². The van der Waals surface area contributed by atoms with E-state index in [4.69, 9.17) is 0 Å². The number of amides is 2. The summed E-state index contributed by atoms with van der Waals surface area (Å²) < 4.78 is 1.85. The van der Waals surface area contributed by atoms with Gasteiger partial charge in [-0.3, -0.25) is 14.3 Å². The van der Waals surface area contributed by atoms with Gasteiger partial charge in [-0.05, 0) is 39.0 Å². The summed E-state index contributed by atoms with van der Waals surface area (Å²) in [6.07, 6.45) is 0.856. The topological polar surface area (TPSA) is 81.9 Å². The molecule has 1 fully saturated rings. The molecule has 150 valence electrons. The molecule has 1 N–H and O–H groups in total. The Labute approximate surface area is 160 Å². The highest BCUT2D eigenvalue weighted by Crippen LogP contribution is 2.34. The SMILES string of the molecule is CN1CCC(C)(C(=O)N2CCn3nc([C@@H](O)CC(=O)N(C)C)cc3C2)CC1. The van der Waals surface area contributed by atoms with Crippen LogP contribution in [0.25, 0.3) is 0 Å². The highest BCUT2D eigenvalue weighted by molar-refractivity contribution is 5.82. The summed E-state index contributed by atoms with van der Waals surface area (Å²) in [6, 6.07) is 1.82. The maximum Gasteiger partial charge on any atom is 0.229 e. The number of rotatable bonds is 4. The molecule has 8 heteroatoms. The van der Waals surface area contributed by atoms with Crippen molar-refractivity contribution in [1.29, 1.82) is 0 Å². The van der Waals surface area contributed by atoms with Crippen LogP contribution in [0.1, 0.15) is 43.7 Å². The molecule has 0 radical (unpaired) electrons. The molecule has 2 aliphatic heterocycles. The molecular weight excluding hydrogens is 346 g/mol. The molecule has 0 bridgehead atoms. The predicted molar refractivity (Wildman–Crippen MR) is 101 cm³/mol. The number of fused-ring (bicyclic) bond motifs is 1. The molecule has 2 aliphatic rings. The number of likely N-dealkylation sites (tertiary alicyclic amines) is 1. The van der Waals surface area contributed by atoms with Crippen LogP contribution in [0, 0.1) is 5.41 Å². The Balaban J connectivity index is 1.67.